The second kappa shape index (κ2) is 5.74. The summed E-state index contributed by atoms with van der Waals surface area (Å²) in [6.07, 6.45) is 5.39. The first-order chi connectivity index (χ1) is 7.50. The molecule has 0 aromatic heterocycles. The topological polar surface area (TPSA) is 20.2 Å². The van der Waals surface area contributed by atoms with E-state index in [4.69, 9.17) is 0 Å². The minimum atomic E-state index is 0.371. The highest BCUT2D eigenvalue weighted by Crippen LogP contribution is 2.28. The molecule has 1 nitrogen and oxygen atoms in total. The lowest BCUT2D eigenvalue weighted by molar-refractivity contribution is 0.462. The maximum atomic E-state index is 9.85. The van der Waals surface area contributed by atoms with Crippen LogP contribution in [0.5, 0.6) is 5.75 Å². The monoisotopic (exact) mass is 218 g/mol. The number of phenolic OH excluding ortho intramolecular Hbond substituents is 1. The molecule has 0 heterocycles. The average Bonchev–Trinajstić information content (AvgIpc) is 2.16. The number of allylic oxidation sites excluding steroid dienone is 2. The molecule has 0 unspecified atom stereocenters. The number of phenols is 1. The quantitative estimate of drug-likeness (QED) is 0.742. The van der Waals surface area contributed by atoms with Crippen molar-refractivity contribution in [2.24, 2.45) is 5.92 Å². The van der Waals surface area contributed by atoms with E-state index in [0.29, 0.717) is 17.6 Å². The first-order valence-electron chi connectivity index (χ1n) is 5.97. The van der Waals surface area contributed by atoms with Crippen LogP contribution in [-0.2, 0) is 0 Å². The standard InChI is InChI=1S/C15H22O/c1-11(2)6-5-7-13(4)14-9-8-12(3)10-15(14)16/h5-6,8-11,13,16H,7H2,1-4H3/t13-/m1/s1. The molecular weight excluding hydrogens is 196 g/mol. The fourth-order valence-corrected chi connectivity index (χ4v) is 1.75. The van der Waals surface area contributed by atoms with Gasteiger partial charge in [0.2, 0.25) is 0 Å². The van der Waals surface area contributed by atoms with Crippen molar-refractivity contribution in [2.75, 3.05) is 0 Å². The summed E-state index contributed by atoms with van der Waals surface area (Å²) in [7, 11) is 0. The summed E-state index contributed by atoms with van der Waals surface area (Å²) in [6, 6.07) is 5.91. The Kier molecular flexibility index (Phi) is 4.60. The van der Waals surface area contributed by atoms with Crippen molar-refractivity contribution in [2.45, 2.75) is 40.0 Å². The van der Waals surface area contributed by atoms with Crippen LogP contribution in [0.3, 0.4) is 0 Å². The van der Waals surface area contributed by atoms with Gasteiger partial charge in [0.25, 0.3) is 0 Å². The maximum absolute atomic E-state index is 9.85. The van der Waals surface area contributed by atoms with E-state index in [1.807, 2.05) is 19.1 Å². The van der Waals surface area contributed by atoms with Crippen molar-refractivity contribution in [3.63, 3.8) is 0 Å². The molecule has 0 fully saturated rings. The van der Waals surface area contributed by atoms with Crippen molar-refractivity contribution in [1.29, 1.82) is 0 Å². The largest absolute Gasteiger partial charge is 0.508 e. The molecule has 0 aliphatic rings. The summed E-state index contributed by atoms with van der Waals surface area (Å²) >= 11 is 0. The average molecular weight is 218 g/mol. The van der Waals surface area contributed by atoms with Crippen molar-refractivity contribution >= 4 is 0 Å². The molecule has 0 radical (unpaired) electrons. The van der Waals surface area contributed by atoms with Crippen LogP contribution in [0.4, 0.5) is 0 Å². The Hall–Kier alpha value is -1.24. The fraction of sp³-hybridized carbons (Fsp3) is 0.467. The van der Waals surface area contributed by atoms with E-state index < -0.39 is 0 Å². The van der Waals surface area contributed by atoms with Crippen molar-refractivity contribution in [3.05, 3.63) is 41.5 Å². The molecule has 1 N–H and O–H groups in total. The van der Waals surface area contributed by atoms with Gasteiger partial charge in [-0.05, 0) is 42.4 Å². The van der Waals surface area contributed by atoms with Crippen molar-refractivity contribution in [3.8, 4) is 5.75 Å². The van der Waals surface area contributed by atoms with Gasteiger partial charge in [-0.1, -0.05) is 45.1 Å². The van der Waals surface area contributed by atoms with E-state index in [2.05, 4.69) is 39.0 Å². The fourth-order valence-electron chi connectivity index (χ4n) is 1.75. The van der Waals surface area contributed by atoms with Crippen molar-refractivity contribution in [1.82, 2.24) is 0 Å². The second-order valence-corrected chi connectivity index (χ2v) is 4.87. The normalized spacial score (nSPS) is 13.6. The molecule has 0 saturated carbocycles. The van der Waals surface area contributed by atoms with Gasteiger partial charge in [-0.15, -0.1) is 0 Å². The third-order valence-corrected chi connectivity index (χ3v) is 2.73. The molecule has 0 spiro atoms. The molecule has 0 bridgehead atoms. The van der Waals surface area contributed by atoms with E-state index in [1.165, 1.54) is 0 Å². The molecule has 1 heteroatoms. The van der Waals surface area contributed by atoms with Gasteiger partial charge in [0, 0.05) is 0 Å². The number of benzene rings is 1. The zero-order chi connectivity index (χ0) is 12.1. The SMILES string of the molecule is Cc1ccc([C@H](C)CC=CC(C)C)c(O)c1. The van der Waals surface area contributed by atoms with Crippen LogP contribution in [0.1, 0.15) is 44.2 Å². The number of aromatic hydroxyl groups is 1. The first-order valence-corrected chi connectivity index (χ1v) is 5.97. The molecule has 1 rings (SSSR count). The third kappa shape index (κ3) is 3.73. The summed E-state index contributed by atoms with van der Waals surface area (Å²) in [5.74, 6) is 1.39. The third-order valence-electron chi connectivity index (χ3n) is 2.73. The summed E-state index contributed by atoms with van der Waals surface area (Å²) in [5, 5.41) is 9.85. The molecule has 1 aromatic carbocycles. The Bertz CT molecular complexity index is 364. The van der Waals surface area contributed by atoms with Crippen LogP contribution in [0.2, 0.25) is 0 Å². The smallest absolute Gasteiger partial charge is 0.119 e. The molecule has 0 aliphatic carbocycles. The van der Waals surface area contributed by atoms with Crippen LogP contribution in [0, 0.1) is 12.8 Å². The zero-order valence-electron chi connectivity index (χ0n) is 10.7. The van der Waals surface area contributed by atoms with E-state index >= 15 is 0 Å². The minimum Gasteiger partial charge on any atom is -0.508 e. The molecule has 0 amide bonds. The zero-order valence-corrected chi connectivity index (χ0v) is 10.7. The van der Waals surface area contributed by atoms with Gasteiger partial charge in [-0.25, -0.2) is 0 Å². The maximum Gasteiger partial charge on any atom is 0.119 e. The van der Waals surface area contributed by atoms with Gasteiger partial charge in [-0.3, -0.25) is 0 Å². The summed E-state index contributed by atoms with van der Waals surface area (Å²) in [6.45, 7) is 8.48. The minimum absolute atomic E-state index is 0.371. The van der Waals surface area contributed by atoms with Crippen LogP contribution in [0.25, 0.3) is 0 Å². The first kappa shape index (κ1) is 12.8. The number of hydrogen-bond donors (Lipinski definition) is 1. The van der Waals surface area contributed by atoms with Gasteiger partial charge in [0.15, 0.2) is 0 Å². The Balaban J connectivity index is 2.69. The number of hydrogen-bond acceptors (Lipinski definition) is 1. The molecule has 88 valence electrons. The lowest BCUT2D eigenvalue weighted by Crippen LogP contribution is -1.93. The van der Waals surface area contributed by atoms with Crippen LogP contribution < -0.4 is 0 Å². The van der Waals surface area contributed by atoms with E-state index in [-0.39, 0.29) is 0 Å². The van der Waals surface area contributed by atoms with Crippen LogP contribution in [-0.4, -0.2) is 5.11 Å². The number of rotatable bonds is 4. The van der Waals surface area contributed by atoms with Crippen LogP contribution in [0.15, 0.2) is 30.4 Å². The molecule has 1 aromatic rings. The highest BCUT2D eigenvalue weighted by molar-refractivity contribution is 5.38. The summed E-state index contributed by atoms with van der Waals surface area (Å²) in [5.41, 5.74) is 2.14. The van der Waals surface area contributed by atoms with Gasteiger partial charge in [0.05, 0.1) is 0 Å². The van der Waals surface area contributed by atoms with Gasteiger partial charge < -0.3 is 5.11 Å². The Morgan fingerprint density at radius 2 is 1.94 bits per heavy atom. The van der Waals surface area contributed by atoms with Gasteiger partial charge >= 0.3 is 0 Å². The van der Waals surface area contributed by atoms with E-state index in [9.17, 15) is 5.11 Å². The summed E-state index contributed by atoms with van der Waals surface area (Å²) < 4.78 is 0. The molecule has 16 heavy (non-hydrogen) atoms. The number of aryl methyl sites for hydroxylation is 1. The lowest BCUT2D eigenvalue weighted by atomic mass is 9.95. The van der Waals surface area contributed by atoms with E-state index in [1.54, 1.807) is 0 Å². The Morgan fingerprint density at radius 1 is 1.25 bits per heavy atom. The van der Waals surface area contributed by atoms with Gasteiger partial charge in [-0.2, -0.15) is 0 Å². The molecule has 1 atom stereocenters. The Labute approximate surface area is 98.8 Å². The highest BCUT2D eigenvalue weighted by Gasteiger charge is 2.08. The second-order valence-electron chi connectivity index (χ2n) is 4.87. The predicted molar refractivity (Wildman–Crippen MR) is 69.9 cm³/mol. The molecular formula is C15H22O. The van der Waals surface area contributed by atoms with Gasteiger partial charge in [0.1, 0.15) is 5.75 Å². The molecule has 0 aliphatic heterocycles. The lowest BCUT2D eigenvalue weighted by Gasteiger charge is -2.12. The Morgan fingerprint density at radius 3 is 2.50 bits per heavy atom. The van der Waals surface area contributed by atoms with E-state index in [0.717, 1.165) is 17.5 Å². The predicted octanol–water partition coefficient (Wildman–Crippen LogP) is 4.41. The van der Waals surface area contributed by atoms with Crippen LogP contribution >= 0.6 is 0 Å². The van der Waals surface area contributed by atoms with Crippen molar-refractivity contribution < 1.29 is 5.11 Å². The summed E-state index contributed by atoms with van der Waals surface area (Å²) in [4.78, 5) is 0. The highest BCUT2D eigenvalue weighted by atomic mass is 16.3. The molecule has 0 saturated heterocycles.